The Morgan fingerprint density at radius 2 is 1.95 bits per heavy atom. The Hall–Kier alpha value is -2.96. The summed E-state index contributed by atoms with van der Waals surface area (Å²) in [6.45, 7) is 1.54. The van der Waals surface area contributed by atoms with E-state index in [4.69, 9.17) is 4.74 Å². The Balaban J connectivity index is 2.14. The number of rotatable bonds is 5. The van der Waals surface area contributed by atoms with Gasteiger partial charge in [-0.15, -0.1) is 0 Å². The molecule has 0 aliphatic carbocycles. The van der Waals surface area contributed by atoms with Gasteiger partial charge in [-0.05, 0) is 41.1 Å². The topological polar surface area (TPSA) is 85.6 Å². The fourth-order valence-corrected chi connectivity index (χ4v) is 1.90. The van der Waals surface area contributed by atoms with Gasteiger partial charge in [0.05, 0.1) is 0 Å². The molecule has 0 N–H and O–H groups in total. The summed E-state index contributed by atoms with van der Waals surface area (Å²) in [4.78, 5) is 27.7. The molecular formula is C15H15N3O4. The van der Waals surface area contributed by atoms with Gasteiger partial charge < -0.3 is 19.8 Å². The van der Waals surface area contributed by atoms with Crippen LogP contribution in [0.2, 0.25) is 0 Å². The van der Waals surface area contributed by atoms with Crippen molar-refractivity contribution in [1.82, 2.24) is 4.98 Å². The first kappa shape index (κ1) is 15.4. The maximum atomic E-state index is 12.3. The van der Waals surface area contributed by atoms with Crippen LogP contribution in [0.4, 0.5) is 11.5 Å². The second kappa shape index (κ2) is 6.66. The van der Waals surface area contributed by atoms with Crippen molar-refractivity contribution in [3.05, 3.63) is 58.8 Å². The summed E-state index contributed by atoms with van der Waals surface area (Å²) in [6.07, 6.45) is 0.418. The molecule has 1 atom stereocenters. The minimum Gasteiger partial charge on any atom is -0.473 e. The molecule has 7 heteroatoms. The number of ether oxygens (including phenoxy) is 1. The van der Waals surface area contributed by atoms with E-state index >= 15 is 0 Å². The molecule has 0 saturated heterocycles. The SMILES string of the molecule is CC(Oc1cccnc1[N+](=O)[O-])C(=O)N(C)c1ccccc1. The number of hydrogen-bond donors (Lipinski definition) is 0. The first-order valence-corrected chi connectivity index (χ1v) is 6.59. The highest BCUT2D eigenvalue weighted by Gasteiger charge is 2.24. The maximum absolute atomic E-state index is 12.3. The van der Waals surface area contributed by atoms with Crippen molar-refractivity contribution in [3.63, 3.8) is 0 Å². The van der Waals surface area contributed by atoms with Crippen LogP contribution >= 0.6 is 0 Å². The van der Waals surface area contributed by atoms with Crippen LogP contribution in [0.5, 0.6) is 5.75 Å². The summed E-state index contributed by atoms with van der Waals surface area (Å²) in [5.41, 5.74) is 0.712. The lowest BCUT2D eigenvalue weighted by Crippen LogP contribution is -2.38. The number of nitrogens with zero attached hydrogens (tertiary/aromatic N) is 3. The van der Waals surface area contributed by atoms with Crippen LogP contribution in [-0.2, 0) is 4.79 Å². The fraction of sp³-hybridized carbons (Fsp3) is 0.200. The summed E-state index contributed by atoms with van der Waals surface area (Å²) in [5.74, 6) is -0.760. The predicted molar refractivity (Wildman–Crippen MR) is 80.8 cm³/mol. The second-order valence-electron chi connectivity index (χ2n) is 4.58. The third-order valence-corrected chi connectivity index (χ3v) is 3.05. The first-order valence-electron chi connectivity index (χ1n) is 6.59. The van der Waals surface area contributed by atoms with Crippen molar-refractivity contribution in [1.29, 1.82) is 0 Å². The van der Waals surface area contributed by atoms with Gasteiger partial charge >= 0.3 is 5.82 Å². The van der Waals surface area contributed by atoms with E-state index in [1.165, 1.54) is 23.2 Å². The van der Waals surface area contributed by atoms with Crippen molar-refractivity contribution < 1.29 is 14.5 Å². The molecule has 0 aliphatic rings. The lowest BCUT2D eigenvalue weighted by atomic mass is 10.2. The number of amides is 1. The van der Waals surface area contributed by atoms with E-state index in [9.17, 15) is 14.9 Å². The smallest absolute Gasteiger partial charge is 0.406 e. The largest absolute Gasteiger partial charge is 0.473 e. The van der Waals surface area contributed by atoms with Crippen LogP contribution in [0.1, 0.15) is 6.92 Å². The van der Waals surface area contributed by atoms with Gasteiger partial charge in [0.15, 0.2) is 6.10 Å². The molecule has 1 unspecified atom stereocenters. The molecule has 0 saturated carbocycles. The van der Waals surface area contributed by atoms with Crippen molar-refractivity contribution in [2.45, 2.75) is 13.0 Å². The van der Waals surface area contributed by atoms with Crippen LogP contribution in [0.25, 0.3) is 0 Å². The van der Waals surface area contributed by atoms with Crippen molar-refractivity contribution in [2.75, 3.05) is 11.9 Å². The first-order chi connectivity index (χ1) is 10.5. The van der Waals surface area contributed by atoms with Gasteiger partial charge in [-0.3, -0.25) is 4.79 Å². The van der Waals surface area contributed by atoms with Gasteiger partial charge in [-0.25, -0.2) is 0 Å². The van der Waals surface area contributed by atoms with Crippen LogP contribution in [0.3, 0.4) is 0 Å². The van der Waals surface area contributed by atoms with Crippen molar-refractivity contribution in [3.8, 4) is 5.75 Å². The zero-order valence-electron chi connectivity index (χ0n) is 12.2. The summed E-state index contributed by atoms with van der Waals surface area (Å²) in [5, 5.41) is 10.9. The Kier molecular flexibility index (Phi) is 4.67. The monoisotopic (exact) mass is 301 g/mol. The van der Waals surface area contributed by atoms with Crippen LogP contribution < -0.4 is 9.64 Å². The number of carbonyl (C=O) groups excluding carboxylic acids is 1. The molecule has 0 radical (unpaired) electrons. The van der Waals surface area contributed by atoms with E-state index in [-0.39, 0.29) is 11.7 Å². The van der Waals surface area contributed by atoms with Gasteiger partial charge in [0.2, 0.25) is 5.75 Å². The Morgan fingerprint density at radius 1 is 1.27 bits per heavy atom. The van der Waals surface area contributed by atoms with Gasteiger partial charge in [-0.1, -0.05) is 18.2 Å². The molecule has 0 fully saturated rings. The molecule has 1 heterocycles. The van der Waals surface area contributed by atoms with Crippen LogP contribution in [0, 0.1) is 10.1 Å². The molecule has 22 heavy (non-hydrogen) atoms. The van der Waals surface area contributed by atoms with E-state index < -0.39 is 16.8 Å². The number of pyridine rings is 1. The molecule has 7 nitrogen and oxygen atoms in total. The van der Waals surface area contributed by atoms with Gasteiger partial charge in [0.25, 0.3) is 5.91 Å². The van der Waals surface area contributed by atoms with E-state index in [0.29, 0.717) is 5.69 Å². The van der Waals surface area contributed by atoms with Gasteiger partial charge in [-0.2, -0.15) is 0 Å². The zero-order chi connectivity index (χ0) is 16.1. The summed E-state index contributed by atoms with van der Waals surface area (Å²) in [6, 6.07) is 12.0. The maximum Gasteiger partial charge on any atom is 0.406 e. The van der Waals surface area contributed by atoms with Gasteiger partial charge in [0, 0.05) is 12.7 Å². The number of likely N-dealkylation sites (N-methyl/N-ethyl adjacent to an activating group) is 1. The number of hydrogen-bond acceptors (Lipinski definition) is 5. The average molecular weight is 301 g/mol. The standard InChI is InChI=1S/C15H15N3O4/c1-11(15(19)17(2)12-7-4-3-5-8-12)22-13-9-6-10-16-14(13)18(20)21/h3-11H,1-2H3. The van der Waals surface area contributed by atoms with E-state index in [1.807, 2.05) is 18.2 Å². The van der Waals surface area contributed by atoms with E-state index in [1.54, 1.807) is 26.1 Å². The molecule has 1 amide bonds. The van der Waals surface area contributed by atoms with E-state index in [0.717, 1.165) is 0 Å². The summed E-state index contributed by atoms with van der Waals surface area (Å²) in [7, 11) is 1.62. The average Bonchev–Trinajstić information content (AvgIpc) is 2.54. The molecule has 1 aromatic heterocycles. The second-order valence-corrected chi connectivity index (χ2v) is 4.58. The summed E-state index contributed by atoms with van der Waals surface area (Å²) < 4.78 is 5.42. The minimum absolute atomic E-state index is 0.0326. The third-order valence-electron chi connectivity index (χ3n) is 3.05. The Bertz CT molecular complexity index is 675. The zero-order valence-corrected chi connectivity index (χ0v) is 12.2. The van der Waals surface area contributed by atoms with Crippen molar-refractivity contribution in [2.24, 2.45) is 0 Å². The highest BCUT2D eigenvalue weighted by molar-refractivity contribution is 5.96. The molecule has 0 aliphatic heterocycles. The molecule has 2 aromatic rings. The number of aromatic nitrogens is 1. The lowest BCUT2D eigenvalue weighted by molar-refractivity contribution is -0.390. The van der Waals surface area contributed by atoms with Gasteiger partial charge in [0.1, 0.15) is 6.20 Å². The lowest BCUT2D eigenvalue weighted by Gasteiger charge is -2.21. The quantitative estimate of drug-likeness (QED) is 0.625. The van der Waals surface area contributed by atoms with Crippen molar-refractivity contribution >= 4 is 17.4 Å². The minimum atomic E-state index is -0.881. The Morgan fingerprint density at radius 3 is 2.59 bits per heavy atom. The molecule has 0 spiro atoms. The van der Waals surface area contributed by atoms with Crippen LogP contribution in [-0.4, -0.2) is 29.0 Å². The fourth-order valence-electron chi connectivity index (χ4n) is 1.90. The number of anilines is 1. The number of benzene rings is 1. The normalized spacial score (nSPS) is 11.5. The van der Waals surface area contributed by atoms with E-state index in [2.05, 4.69) is 4.98 Å². The third kappa shape index (κ3) is 3.38. The number of nitro groups is 1. The van der Waals surface area contributed by atoms with Crippen LogP contribution in [0.15, 0.2) is 48.7 Å². The Labute approximate surface area is 127 Å². The molecule has 1 aromatic carbocycles. The number of para-hydroxylation sites is 1. The number of carbonyl (C=O) groups is 1. The summed E-state index contributed by atoms with van der Waals surface area (Å²) >= 11 is 0. The molecular weight excluding hydrogens is 286 g/mol. The highest BCUT2D eigenvalue weighted by Crippen LogP contribution is 2.24. The predicted octanol–water partition coefficient (Wildman–Crippen LogP) is 2.42. The molecule has 114 valence electrons. The molecule has 0 bridgehead atoms. The highest BCUT2D eigenvalue weighted by atomic mass is 16.6. The molecule has 2 rings (SSSR count).